The van der Waals surface area contributed by atoms with Crippen LogP contribution in [0.2, 0.25) is 0 Å². The van der Waals surface area contributed by atoms with Crippen LogP contribution in [0.25, 0.3) is 0 Å². The van der Waals surface area contributed by atoms with Crippen LogP contribution in [0.3, 0.4) is 0 Å². The highest BCUT2D eigenvalue weighted by Gasteiger charge is 2.06. The van der Waals surface area contributed by atoms with E-state index in [0.29, 0.717) is 0 Å². The second kappa shape index (κ2) is 7.86. The Bertz CT molecular complexity index is 359. The van der Waals surface area contributed by atoms with Gasteiger partial charge in [0, 0.05) is 5.69 Å². The summed E-state index contributed by atoms with van der Waals surface area (Å²) in [7, 11) is 1.64. The molecule has 0 radical (unpaired) electrons. The molecule has 0 bridgehead atoms. The smallest absolute Gasteiger partial charge is 0.119 e. The number of benzene rings is 1. The summed E-state index contributed by atoms with van der Waals surface area (Å²) < 4.78 is 5.08. The third-order valence-corrected chi connectivity index (χ3v) is 3.12. The topological polar surface area (TPSA) is 45.0 Å². The molecule has 1 N–H and O–H groups in total. The predicted molar refractivity (Wildman–Crippen MR) is 73.6 cm³/mol. The van der Waals surface area contributed by atoms with Crippen molar-refractivity contribution in [1.29, 1.82) is 5.26 Å². The molecule has 0 aliphatic rings. The van der Waals surface area contributed by atoms with Gasteiger partial charge in [-0.25, -0.2) is 0 Å². The SMILES string of the molecule is COc1ccc(NC(C#N)CCCSC)cc1. The number of nitrogens with zero attached hydrogens (tertiary/aromatic N) is 1. The Morgan fingerprint density at radius 1 is 1.41 bits per heavy atom. The number of hydrogen-bond acceptors (Lipinski definition) is 4. The minimum Gasteiger partial charge on any atom is -0.497 e. The Labute approximate surface area is 107 Å². The van der Waals surface area contributed by atoms with Gasteiger partial charge in [0.25, 0.3) is 0 Å². The number of rotatable bonds is 7. The predicted octanol–water partition coefficient (Wildman–Crippen LogP) is 3.14. The van der Waals surface area contributed by atoms with E-state index < -0.39 is 0 Å². The van der Waals surface area contributed by atoms with Crippen LogP contribution in [0, 0.1) is 11.3 Å². The van der Waals surface area contributed by atoms with Gasteiger partial charge >= 0.3 is 0 Å². The highest BCUT2D eigenvalue weighted by atomic mass is 32.2. The van der Waals surface area contributed by atoms with Gasteiger partial charge in [0.05, 0.1) is 13.2 Å². The van der Waals surface area contributed by atoms with Crippen molar-refractivity contribution < 1.29 is 4.74 Å². The maximum Gasteiger partial charge on any atom is 0.119 e. The zero-order valence-electron chi connectivity index (χ0n) is 10.3. The molecule has 0 aliphatic heterocycles. The monoisotopic (exact) mass is 250 g/mol. The molecule has 0 aliphatic carbocycles. The number of hydrogen-bond donors (Lipinski definition) is 1. The maximum atomic E-state index is 9.04. The normalized spacial score (nSPS) is 11.6. The Morgan fingerprint density at radius 3 is 2.65 bits per heavy atom. The Hall–Kier alpha value is -1.34. The summed E-state index contributed by atoms with van der Waals surface area (Å²) in [4.78, 5) is 0. The van der Waals surface area contributed by atoms with Crippen LogP contribution in [0.4, 0.5) is 5.69 Å². The molecule has 3 nitrogen and oxygen atoms in total. The van der Waals surface area contributed by atoms with E-state index in [4.69, 9.17) is 10.00 Å². The Kier molecular flexibility index (Phi) is 6.34. The molecule has 0 heterocycles. The molecule has 0 aromatic heterocycles. The first-order valence-electron chi connectivity index (χ1n) is 5.59. The molecule has 1 aromatic rings. The second-order valence-corrected chi connectivity index (χ2v) is 4.68. The van der Waals surface area contributed by atoms with Crippen molar-refractivity contribution in [3.63, 3.8) is 0 Å². The molecule has 0 saturated heterocycles. The molecule has 0 saturated carbocycles. The van der Waals surface area contributed by atoms with Crippen LogP contribution in [0.15, 0.2) is 24.3 Å². The molecular formula is C13H18N2OS. The molecule has 4 heteroatoms. The molecule has 1 unspecified atom stereocenters. The zero-order valence-corrected chi connectivity index (χ0v) is 11.1. The van der Waals surface area contributed by atoms with Crippen LogP contribution in [0.5, 0.6) is 5.75 Å². The van der Waals surface area contributed by atoms with Gasteiger partial charge in [0.2, 0.25) is 0 Å². The Balaban J connectivity index is 2.46. The number of nitriles is 1. The van der Waals surface area contributed by atoms with Crippen molar-refractivity contribution in [1.82, 2.24) is 0 Å². The third-order valence-electron chi connectivity index (χ3n) is 2.43. The summed E-state index contributed by atoms with van der Waals surface area (Å²) in [5, 5.41) is 12.3. The standard InChI is InChI=1S/C13H18N2OS/c1-16-13-7-5-11(6-8-13)15-12(10-14)4-3-9-17-2/h5-8,12,15H,3-4,9H2,1-2H3. The average molecular weight is 250 g/mol. The first kappa shape index (κ1) is 13.7. The van der Waals surface area contributed by atoms with Gasteiger partial charge in [0.15, 0.2) is 0 Å². The van der Waals surface area contributed by atoms with Gasteiger partial charge in [-0.05, 0) is 49.1 Å². The fourth-order valence-electron chi connectivity index (χ4n) is 1.49. The van der Waals surface area contributed by atoms with Crippen LogP contribution in [0.1, 0.15) is 12.8 Å². The van der Waals surface area contributed by atoms with Gasteiger partial charge in [-0.15, -0.1) is 0 Å². The highest BCUT2D eigenvalue weighted by Crippen LogP contribution is 2.16. The molecule has 0 spiro atoms. The van der Waals surface area contributed by atoms with Crippen molar-refractivity contribution in [2.24, 2.45) is 0 Å². The van der Waals surface area contributed by atoms with Gasteiger partial charge in [-0.3, -0.25) is 0 Å². The van der Waals surface area contributed by atoms with Gasteiger partial charge in [-0.1, -0.05) is 0 Å². The van der Waals surface area contributed by atoms with E-state index in [9.17, 15) is 0 Å². The number of nitrogens with one attached hydrogen (secondary N) is 1. The van der Waals surface area contributed by atoms with Gasteiger partial charge in [0.1, 0.15) is 11.8 Å². The van der Waals surface area contributed by atoms with Gasteiger partial charge in [-0.2, -0.15) is 17.0 Å². The fraction of sp³-hybridized carbons (Fsp3) is 0.462. The van der Waals surface area contributed by atoms with Crippen LogP contribution < -0.4 is 10.1 Å². The first-order valence-corrected chi connectivity index (χ1v) is 6.98. The van der Waals surface area contributed by atoms with E-state index >= 15 is 0 Å². The summed E-state index contributed by atoms with van der Waals surface area (Å²) in [5.41, 5.74) is 0.960. The van der Waals surface area contributed by atoms with E-state index in [0.717, 1.165) is 30.0 Å². The molecule has 0 fully saturated rings. The lowest BCUT2D eigenvalue weighted by Gasteiger charge is -2.12. The van der Waals surface area contributed by atoms with Crippen LogP contribution >= 0.6 is 11.8 Å². The molecule has 1 aromatic carbocycles. The van der Waals surface area contributed by atoms with Crippen molar-refractivity contribution in [2.75, 3.05) is 24.4 Å². The van der Waals surface area contributed by atoms with E-state index in [1.807, 2.05) is 36.0 Å². The summed E-state index contributed by atoms with van der Waals surface area (Å²) in [5.74, 6) is 1.93. The van der Waals surface area contributed by atoms with E-state index in [1.165, 1.54) is 0 Å². The zero-order chi connectivity index (χ0) is 12.5. The summed E-state index contributed by atoms with van der Waals surface area (Å²) >= 11 is 1.81. The van der Waals surface area contributed by atoms with E-state index in [1.54, 1.807) is 7.11 Å². The lowest BCUT2D eigenvalue weighted by Crippen LogP contribution is -2.17. The molecular weight excluding hydrogens is 232 g/mol. The largest absolute Gasteiger partial charge is 0.497 e. The van der Waals surface area contributed by atoms with Crippen molar-refractivity contribution in [3.8, 4) is 11.8 Å². The summed E-state index contributed by atoms with van der Waals surface area (Å²) in [6.07, 6.45) is 4.02. The van der Waals surface area contributed by atoms with E-state index in [-0.39, 0.29) is 6.04 Å². The van der Waals surface area contributed by atoms with Crippen LogP contribution in [-0.2, 0) is 0 Å². The minimum atomic E-state index is -0.115. The van der Waals surface area contributed by atoms with E-state index in [2.05, 4.69) is 17.6 Å². The molecule has 1 atom stereocenters. The number of methoxy groups -OCH3 is 1. The lowest BCUT2D eigenvalue weighted by molar-refractivity contribution is 0.415. The van der Waals surface area contributed by atoms with Crippen molar-refractivity contribution in [3.05, 3.63) is 24.3 Å². The first-order chi connectivity index (χ1) is 8.30. The number of thioether (sulfide) groups is 1. The fourth-order valence-corrected chi connectivity index (χ4v) is 1.94. The lowest BCUT2D eigenvalue weighted by atomic mass is 10.2. The average Bonchev–Trinajstić information content (AvgIpc) is 2.38. The molecule has 1 rings (SSSR count). The number of ether oxygens (including phenoxy) is 1. The summed E-state index contributed by atoms with van der Waals surface area (Å²) in [6.45, 7) is 0. The highest BCUT2D eigenvalue weighted by molar-refractivity contribution is 7.98. The Morgan fingerprint density at radius 2 is 2.12 bits per heavy atom. The molecule has 17 heavy (non-hydrogen) atoms. The summed E-state index contributed by atoms with van der Waals surface area (Å²) in [6, 6.07) is 9.80. The van der Waals surface area contributed by atoms with Crippen molar-refractivity contribution in [2.45, 2.75) is 18.9 Å². The second-order valence-electron chi connectivity index (χ2n) is 3.69. The quantitative estimate of drug-likeness (QED) is 0.755. The third kappa shape index (κ3) is 5.01. The minimum absolute atomic E-state index is 0.115. The molecule has 0 amide bonds. The maximum absolute atomic E-state index is 9.04. The van der Waals surface area contributed by atoms with Crippen molar-refractivity contribution >= 4 is 17.4 Å². The van der Waals surface area contributed by atoms with Gasteiger partial charge < -0.3 is 10.1 Å². The number of anilines is 1. The van der Waals surface area contributed by atoms with Crippen LogP contribution in [-0.4, -0.2) is 25.2 Å². The molecule has 92 valence electrons.